The van der Waals surface area contributed by atoms with E-state index in [1.54, 1.807) is 20.8 Å². The van der Waals surface area contributed by atoms with Crippen LogP contribution in [0.2, 0.25) is 0 Å². The van der Waals surface area contributed by atoms with Gasteiger partial charge in [0, 0.05) is 25.6 Å². The van der Waals surface area contributed by atoms with Crippen LogP contribution in [0, 0.1) is 5.92 Å². The summed E-state index contributed by atoms with van der Waals surface area (Å²) in [5.41, 5.74) is 0.989. The third-order valence-electron chi connectivity index (χ3n) is 3.28. The molecule has 24 heavy (non-hydrogen) atoms. The van der Waals surface area contributed by atoms with Crippen LogP contribution in [0.5, 0.6) is 0 Å². The normalized spacial score (nSPS) is 11.5. The summed E-state index contributed by atoms with van der Waals surface area (Å²) in [4.78, 5) is 35.0. The Bertz CT molecular complexity index is 546. The highest BCUT2D eigenvalue weighted by molar-refractivity contribution is 5.86. The second-order valence-electron chi connectivity index (χ2n) is 5.77. The van der Waals surface area contributed by atoms with Crippen LogP contribution in [0.1, 0.15) is 26.3 Å². The van der Waals surface area contributed by atoms with Gasteiger partial charge in [-0.25, -0.2) is 4.79 Å². The highest BCUT2D eigenvalue weighted by Crippen LogP contribution is 1.97. The van der Waals surface area contributed by atoms with Gasteiger partial charge in [-0.1, -0.05) is 44.2 Å². The Morgan fingerprint density at radius 1 is 0.875 bits per heavy atom. The number of nitrogens with one attached hydrogen (secondary N) is 4. The summed E-state index contributed by atoms with van der Waals surface area (Å²) in [7, 11) is 0. The molecule has 1 rings (SSSR count). The van der Waals surface area contributed by atoms with Gasteiger partial charge < -0.3 is 21.3 Å². The first-order valence-corrected chi connectivity index (χ1v) is 8.04. The van der Waals surface area contributed by atoms with Crippen molar-refractivity contribution in [2.45, 2.75) is 33.4 Å². The minimum atomic E-state index is -0.654. The van der Waals surface area contributed by atoms with E-state index in [0.717, 1.165) is 5.56 Å². The summed E-state index contributed by atoms with van der Waals surface area (Å²) in [6.45, 7) is 6.26. The van der Waals surface area contributed by atoms with E-state index in [0.29, 0.717) is 19.6 Å². The minimum Gasteiger partial charge on any atom is -0.354 e. The van der Waals surface area contributed by atoms with E-state index < -0.39 is 12.1 Å². The molecule has 1 aromatic rings. The molecule has 1 aromatic carbocycles. The predicted octanol–water partition coefficient (Wildman–Crippen LogP) is 0.763. The Balaban J connectivity index is 2.20. The van der Waals surface area contributed by atoms with E-state index in [1.807, 2.05) is 30.3 Å². The molecule has 132 valence electrons. The van der Waals surface area contributed by atoms with Crippen LogP contribution in [-0.4, -0.2) is 37.0 Å². The summed E-state index contributed by atoms with van der Waals surface area (Å²) < 4.78 is 0. The van der Waals surface area contributed by atoms with E-state index in [-0.39, 0.29) is 17.7 Å². The Kier molecular flexibility index (Phi) is 8.32. The lowest BCUT2D eigenvalue weighted by Crippen LogP contribution is -2.49. The van der Waals surface area contributed by atoms with Crippen LogP contribution in [-0.2, 0) is 16.1 Å². The second-order valence-corrected chi connectivity index (χ2v) is 5.77. The third-order valence-corrected chi connectivity index (χ3v) is 3.28. The maximum atomic E-state index is 11.9. The molecular formula is C17H26N4O3. The first-order chi connectivity index (χ1) is 11.4. The van der Waals surface area contributed by atoms with Crippen molar-refractivity contribution in [3.05, 3.63) is 35.9 Å². The van der Waals surface area contributed by atoms with Gasteiger partial charge >= 0.3 is 6.03 Å². The molecular weight excluding hydrogens is 308 g/mol. The molecule has 0 unspecified atom stereocenters. The van der Waals surface area contributed by atoms with Crippen LogP contribution in [0.4, 0.5) is 4.79 Å². The molecule has 0 aliphatic carbocycles. The molecule has 1 atom stereocenters. The molecule has 0 aromatic heterocycles. The van der Waals surface area contributed by atoms with Gasteiger partial charge in [-0.3, -0.25) is 9.59 Å². The largest absolute Gasteiger partial charge is 0.354 e. The van der Waals surface area contributed by atoms with E-state index in [1.165, 1.54) is 0 Å². The molecule has 7 nitrogen and oxygen atoms in total. The lowest BCUT2D eigenvalue weighted by atomic mass is 10.2. The van der Waals surface area contributed by atoms with Crippen LogP contribution < -0.4 is 21.3 Å². The fourth-order valence-electron chi connectivity index (χ4n) is 1.82. The van der Waals surface area contributed by atoms with E-state index >= 15 is 0 Å². The number of carbonyl (C=O) groups is 3. The molecule has 0 fully saturated rings. The zero-order valence-electron chi connectivity index (χ0n) is 14.4. The van der Waals surface area contributed by atoms with E-state index in [9.17, 15) is 14.4 Å². The first kappa shape index (κ1) is 19.5. The molecule has 0 heterocycles. The van der Waals surface area contributed by atoms with E-state index in [4.69, 9.17) is 0 Å². The second kappa shape index (κ2) is 10.3. The number of hydrogen-bond donors (Lipinski definition) is 4. The van der Waals surface area contributed by atoms with Crippen molar-refractivity contribution < 1.29 is 14.4 Å². The van der Waals surface area contributed by atoms with Gasteiger partial charge in [0.15, 0.2) is 0 Å². The summed E-state index contributed by atoms with van der Waals surface area (Å²) in [6, 6.07) is 8.43. The molecule has 0 aliphatic heterocycles. The predicted molar refractivity (Wildman–Crippen MR) is 92.1 cm³/mol. The Morgan fingerprint density at radius 2 is 1.50 bits per heavy atom. The smallest absolute Gasteiger partial charge is 0.315 e. The van der Waals surface area contributed by atoms with Gasteiger partial charge in [-0.2, -0.15) is 0 Å². The molecule has 7 heteroatoms. The molecule has 0 saturated carbocycles. The van der Waals surface area contributed by atoms with Crippen LogP contribution >= 0.6 is 0 Å². The van der Waals surface area contributed by atoms with Crippen molar-refractivity contribution in [1.29, 1.82) is 0 Å². The van der Waals surface area contributed by atoms with Gasteiger partial charge in [0.2, 0.25) is 11.8 Å². The Hall–Kier alpha value is -2.57. The number of hydrogen-bond acceptors (Lipinski definition) is 3. The number of urea groups is 1. The van der Waals surface area contributed by atoms with E-state index in [2.05, 4.69) is 21.3 Å². The topological polar surface area (TPSA) is 99.3 Å². The number of rotatable bonds is 8. The van der Waals surface area contributed by atoms with Crippen molar-refractivity contribution in [1.82, 2.24) is 21.3 Å². The molecule has 4 N–H and O–H groups in total. The van der Waals surface area contributed by atoms with Gasteiger partial charge in [-0.15, -0.1) is 0 Å². The molecule has 0 spiro atoms. The summed E-state index contributed by atoms with van der Waals surface area (Å²) in [5, 5.41) is 10.6. The number of amides is 4. The molecule has 4 amide bonds. The zero-order valence-corrected chi connectivity index (χ0v) is 14.4. The Labute approximate surface area is 142 Å². The molecule has 0 saturated heterocycles. The standard InChI is InChI=1S/C17H26N4O3/c1-12(2)15(22)18-9-10-19-17(24)21-13(3)16(23)20-11-14-7-5-4-6-8-14/h4-8,12-13H,9-11H2,1-3H3,(H,18,22)(H,20,23)(H2,19,21,24)/t13-/m0/s1. The highest BCUT2D eigenvalue weighted by Gasteiger charge is 2.14. The van der Waals surface area contributed by atoms with Crippen LogP contribution in [0.15, 0.2) is 30.3 Å². The fraction of sp³-hybridized carbons (Fsp3) is 0.471. The zero-order chi connectivity index (χ0) is 17.9. The monoisotopic (exact) mass is 334 g/mol. The quantitative estimate of drug-likeness (QED) is 0.528. The highest BCUT2D eigenvalue weighted by atomic mass is 16.2. The maximum absolute atomic E-state index is 11.9. The average molecular weight is 334 g/mol. The van der Waals surface area contributed by atoms with Crippen molar-refractivity contribution in [2.24, 2.45) is 5.92 Å². The molecule has 0 radical (unpaired) electrons. The minimum absolute atomic E-state index is 0.0640. The summed E-state index contributed by atoms with van der Waals surface area (Å²) in [5.74, 6) is -0.417. The number of benzene rings is 1. The molecule has 0 aliphatic rings. The first-order valence-electron chi connectivity index (χ1n) is 8.04. The van der Waals surface area contributed by atoms with Gasteiger partial charge in [0.1, 0.15) is 6.04 Å². The average Bonchev–Trinajstić information content (AvgIpc) is 2.57. The third kappa shape index (κ3) is 7.62. The lowest BCUT2D eigenvalue weighted by Gasteiger charge is -2.15. The number of carbonyl (C=O) groups excluding carboxylic acids is 3. The maximum Gasteiger partial charge on any atom is 0.315 e. The summed E-state index contributed by atoms with van der Waals surface area (Å²) in [6.07, 6.45) is 0. The summed E-state index contributed by atoms with van der Waals surface area (Å²) >= 11 is 0. The van der Waals surface area contributed by atoms with Gasteiger partial charge in [0.25, 0.3) is 0 Å². The van der Waals surface area contributed by atoms with Crippen molar-refractivity contribution in [3.8, 4) is 0 Å². The van der Waals surface area contributed by atoms with Crippen molar-refractivity contribution in [2.75, 3.05) is 13.1 Å². The molecule has 0 bridgehead atoms. The van der Waals surface area contributed by atoms with Crippen LogP contribution in [0.3, 0.4) is 0 Å². The van der Waals surface area contributed by atoms with Crippen molar-refractivity contribution >= 4 is 17.8 Å². The fourth-order valence-corrected chi connectivity index (χ4v) is 1.82. The lowest BCUT2D eigenvalue weighted by molar-refractivity contribution is -0.124. The SMILES string of the molecule is CC(C)C(=O)NCCNC(=O)N[C@@H](C)C(=O)NCc1ccccc1. The van der Waals surface area contributed by atoms with Gasteiger partial charge in [0.05, 0.1) is 0 Å². The van der Waals surface area contributed by atoms with Crippen LogP contribution in [0.25, 0.3) is 0 Å². The Morgan fingerprint density at radius 3 is 2.12 bits per heavy atom. The van der Waals surface area contributed by atoms with Crippen molar-refractivity contribution in [3.63, 3.8) is 0 Å². The van der Waals surface area contributed by atoms with Gasteiger partial charge in [-0.05, 0) is 12.5 Å².